The number of rotatable bonds is 3. The maximum absolute atomic E-state index is 5.96. The highest BCUT2D eigenvalue weighted by molar-refractivity contribution is 5.97. The number of hydrogen-bond donors (Lipinski definition) is 3. The van der Waals surface area contributed by atoms with E-state index in [2.05, 4.69) is 20.2 Å². The molecule has 0 bridgehead atoms. The summed E-state index contributed by atoms with van der Waals surface area (Å²) in [6, 6.07) is 5.58. The van der Waals surface area contributed by atoms with Crippen LogP contribution in [0, 0.1) is 0 Å². The molecule has 3 heterocycles. The number of nitrogens with zero attached hydrogens (tertiary/aromatic N) is 3. The van der Waals surface area contributed by atoms with E-state index in [4.69, 9.17) is 20.9 Å². The van der Waals surface area contributed by atoms with Gasteiger partial charge in [-0.1, -0.05) is 0 Å². The Morgan fingerprint density at radius 3 is 2.86 bits per heavy atom. The highest BCUT2D eigenvalue weighted by atomic mass is 16.6. The average molecular weight is 298 g/mol. The van der Waals surface area contributed by atoms with E-state index < -0.39 is 0 Å². The second kappa shape index (κ2) is 4.85. The normalized spacial score (nSPS) is 14.9. The molecule has 1 aliphatic heterocycles. The van der Waals surface area contributed by atoms with Crippen LogP contribution in [0.2, 0.25) is 0 Å². The largest absolute Gasteiger partial charge is 0.485 e. The topological polar surface area (TPSA) is 125 Å². The molecule has 0 unspecified atom stereocenters. The van der Waals surface area contributed by atoms with Gasteiger partial charge in [0.1, 0.15) is 11.9 Å². The van der Waals surface area contributed by atoms with Crippen molar-refractivity contribution in [3.05, 3.63) is 24.4 Å². The SMILES string of the molecule is Nc1nccc(-c2cc(OC3COC3)c3c(N)n[nH]c3c2)n1. The number of benzene rings is 1. The number of nitrogen functional groups attached to an aromatic ring is 2. The Hall–Kier alpha value is -2.87. The molecule has 8 heteroatoms. The van der Waals surface area contributed by atoms with Crippen LogP contribution in [0.1, 0.15) is 0 Å². The fourth-order valence-corrected chi connectivity index (χ4v) is 2.38. The summed E-state index contributed by atoms with van der Waals surface area (Å²) < 4.78 is 11.1. The molecular weight excluding hydrogens is 284 g/mol. The molecule has 1 fully saturated rings. The fourth-order valence-electron chi connectivity index (χ4n) is 2.38. The number of H-pyrrole nitrogens is 1. The number of nitrogens with two attached hydrogens (primary N) is 2. The van der Waals surface area contributed by atoms with Crippen molar-refractivity contribution in [2.75, 3.05) is 24.7 Å². The van der Waals surface area contributed by atoms with Gasteiger partial charge in [-0.05, 0) is 18.2 Å². The van der Waals surface area contributed by atoms with Gasteiger partial charge in [0.2, 0.25) is 5.95 Å². The monoisotopic (exact) mass is 298 g/mol. The predicted octanol–water partition coefficient (Wildman–Crippen LogP) is 0.962. The third-order valence-electron chi connectivity index (χ3n) is 3.53. The maximum Gasteiger partial charge on any atom is 0.220 e. The number of hydrogen-bond acceptors (Lipinski definition) is 7. The molecule has 0 spiro atoms. The first kappa shape index (κ1) is 12.8. The van der Waals surface area contributed by atoms with E-state index in [1.165, 1.54) is 0 Å². The van der Waals surface area contributed by atoms with Crippen molar-refractivity contribution in [3.63, 3.8) is 0 Å². The minimum atomic E-state index is 0.0308. The van der Waals surface area contributed by atoms with Crippen LogP contribution in [0.15, 0.2) is 24.4 Å². The summed E-state index contributed by atoms with van der Waals surface area (Å²) >= 11 is 0. The van der Waals surface area contributed by atoms with E-state index >= 15 is 0 Å². The number of aromatic nitrogens is 4. The van der Waals surface area contributed by atoms with Crippen molar-refractivity contribution in [1.29, 1.82) is 0 Å². The van der Waals surface area contributed by atoms with Crippen LogP contribution >= 0.6 is 0 Å². The minimum Gasteiger partial charge on any atom is -0.485 e. The molecule has 1 aromatic carbocycles. The molecule has 112 valence electrons. The van der Waals surface area contributed by atoms with Crippen molar-refractivity contribution < 1.29 is 9.47 Å². The molecule has 0 atom stereocenters. The second-order valence-electron chi connectivity index (χ2n) is 5.08. The lowest BCUT2D eigenvalue weighted by atomic mass is 10.1. The molecule has 1 saturated heterocycles. The lowest BCUT2D eigenvalue weighted by Gasteiger charge is -2.27. The molecule has 8 nitrogen and oxygen atoms in total. The van der Waals surface area contributed by atoms with Crippen LogP contribution in [0.25, 0.3) is 22.2 Å². The van der Waals surface area contributed by atoms with Gasteiger partial charge in [0.25, 0.3) is 0 Å². The van der Waals surface area contributed by atoms with Gasteiger partial charge in [-0.3, -0.25) is 5.10 Å². The van der Waals surface area contributed by atoms with Crippen molar-refractivity contribution in [3.8, 4) is 17.0 Å². The van der Waals surface area contributed by atoms with Crippen molar-refractivity contribution >= 4 is 22.7 Å². The molecular formula is C14H14N6O2. The third-order valence-corrected chi connectivity index (χ3v) is 3.53. The Morgan fingerprint density at radius 1 is 1.27 bits per heavy atom. The molecule has 22 heavy (non-hydrogen) atoms. The van der Waals surface area contributed by atoms with Gasteiger partial charge >= 0.3 is 0 Å². The van der Waals surface area contributed by atoms with E-state index in [0.29, 0.717) is 30.5 Å². The molecule has 4 rings (SSSR count). The van der Waals surface area contributed by atoms with E-state index in [-0.39, 0.29) is 12.1 Å². The quantitative estimate of drug-likeness (QED) is 0.657. The third kappa shape index (κ3) is 2.09. The Morgan fingerprint density at radius 2 is 2.14 bits per heavy atom. The van der Waals surface area contributed by atoms with Crippen molar-refractivity contribution in [2.24, 2.45) is 0 Å². The number of nitrogens with one attached hydrogen (secondary N) is 1. The van der Waals surface area contributed by atoms with E-state index in [0.717, 1.165) is 16.5 Å². The molecule has 0 radical (unpaired) electrons. The summed E-state index contributed by atoms with van der Waals surface area (Å²) in [5.74, 6) is 1.28. The summed E-state index contributed by atoms with van der Waals surface area (Å²) in [7, 11) is 0. The fraction of sp³-hybridized carbons (Fsp3) is 0.214. The lowest BCUT2D eigenvalue weighted by molar-refractivity contribution is -0.0790. The standard InChI is InChI=1S/C14H14N6O2/c15-13-12-10(19-20-13)3-7(9-1-2-17-14(16)18-9)4-11(12)22-8-5-21-6-8/h1-4,8H,5-6H2,(H3,15,19,20)(H2,16,17,18). The molecule has 0 saturated carbocycles. The number of anilines is 2. The van der Waals surface area contributed by atoms with Crippen LogP contribution < -0.4 is 16.2 Å². The molecule has 5 N–H and O–H groups in total. The zero-order chi connectivity index (χ0) is 15.1. The number of aromatic amines is 1. The summed E-state index contributed by atoms with van der Waals surface area (Å²) in [6.07, 6.45) is 1.65. The summed E-state index contributed by atoms with van der Waals surface area (Å²) in [6.45, 7) is 1.15. The van der Waals surface area contributed by atoms with Gasteiger partial charge in [0.05, 0.1) is 29.8 Å². The Bertz CT molecular complexity index is 842. The highest BCUT2D eigenvalue weighted by Crippen LogP contribution is 2.35. The Kier molecular flexibility index (Phi) is 2.83. The zero-order valence-electron chi connectivity index (χ0n) is 11.6. The molecule has 0 aliphatic carbocycles. The van der Waals surface area contributed by atoms with Gasteiger partial charge < -0.3 is 20.9 Å². The first-order chi connectivity index (χ1) is 10.7. The van der Waals surface area contributed by atoms with Crippen LogP contribution in [0.4, 0.5) is 11.8 Å². The zero-order valence-corrected chi connectivity index (χ0v) is 11.6. The van der Waals surface area contributed by atoms with Gasteiger partial charge in [-0.2, -0.15) is 5.10 Å². The predicted molar refractivity (Wildman–Crippen MR) is 81.2 cm³/mol. The Balaban J connectivity index is 1.85. The van der Waals surface area contributed by atoms with E-state index in [9.17, 15) is 0 Å². The van der Waals surface area contributed by atoms with Crippen LogP contribution in [-0.4, -0.2) is 39.5 Å². The lowest BCUT2D eigenvalue weighted by Crippen LogP contribution is -2.38. The molecule has 1 aliphatic rings. The van der Waals surface area contributed by atoms with E-state index in [1.54, 1.807) is 12.3 Å². The molecule has 2 aromatic heterocycles. The first-order valence-electron chi connectivity index (χ1n) is 6.81. The van der Waals surface area contributed by atoms with Gasteiger partial charge in [0.15, 0.2) is 5.82 Å². The highest BCUT2D eigenvalue weighted by Gasteiger charge is 2.23. The first-order valence-corrected chi connectivity index (χ1v) is 6.81. The molecule has 3 aromatic rings. The van der Waals surface area contributed by atoms with Gasteiger partial charge in [-0.25, -0.2) is 9.97 Å². The number of fused-ring (bicyclic) bond motifs is 1. The van der Waals surface area contributed by atoms with Crippen LogP contribution in [0.3, 0.4) is 0 Å². The number of ether oxygens (including phenoxy) is 2. The Labute approximate surface area is 125 Å². The summed E-state index contributed by atoms with van der Waals surface area (Å²) in [4.78, 5) is 8.14. The van der Waals surface area contributed by atoms with E-state index in [1.807, 2.05) is 12.1 Å². The second-order valence-corrected chi connectivity index (χ2v) is 5.08. The van der Waals surface area contributed by atoms with Crippen LogP contribution in [0.5, 0.6) is 5.75 Å². The summed E-state index contributed by atoms with van der Waals surface area (Å²) in [5.41, 5.74) is 13.9. The van der Waals surface area contributed by atoms with Gasteiger partial charge in [0, 0.05) is 11.8 Å². The average Bonchev–Trinajstić information content (AvgIpc) is 2.84. The van der Waals surface area contributed by atoms with Crippen molar-refractivity contribution in [1.82, 2.24) is 20.2 Å². The van der Waals surface area contributed by atoms with Crippen molar-refractivity contribution in [2.45, 2.75) is 6.10 Å². The minimum absolute atomic E-state index is 0.0308. The summed E-state index contributed by atoms with van der Waals surface area (Å²) in [5, 5.41) is 7.71. The van der Waals surface area contributed by atoms with Crippen LogP contribution in [-0.2, 0) is 4.74 Å². The van der Waals surface area contributed by atoms with Gasteiger partial charge in [-0.15, -0.1) is 0 Å². The molecule has 0 amide bonds. The smallest absolute Gasteiger partial charge is 0.220 e. The maximum atomic E-state index is 5.96.